The molecule has 194 valence electrons. The lowest BCUT2D eigenvalue weighted by molar-refractivity contribution is 0.584. The van der Waals surface area contributed by atoms with Gasteiger partial charge in [-0.1, -0.05) is 121 Å². The van der Waals surface area contributed by atoms with Gasteiger partial charge in [0.2, 0.25) is 11.8 Å². The van der Waals surface area contributed by atoms with E-state index in [9.17, 15) is 0 Å². The van der Waals surface area contributed by atoms with Crippen molar-refractivity contribution in [3.8, 4) is 67.4 Å². The van der Waals surface area contributed by atoms with Gasteiger partial charge in [-0.25, -0.2) is 0 Å². The van der Waals surface area contributed by atoms with Gasteiger partial charge in [-0.3, -0.25) is 0 Å². The van der Waals surface area contributed by atoms with Crippen molar-refractivity contribution >= 4 is 0 Å². The van der Waals surface area contributed by atoms with Crippen LogP contribution in [-0.2, 0) is 0 Å². The molecule has 0 aliphatic carbocycles. The Balaban J connectivity index is 1.34. The molecule has 0 aliphatic heterocycles. The molecular formula is C38H26N2O. The van der Waals surface area contributed by atoms with Gasteiger partial charge >= 0.3 is 0 Å². The minimum absolute atomic E-state index is 0.487. The van der Waals surface area contributed by atoms with Crippen LogP contribution in [0.3, 0.4) is 0 Å². The highest BCUT2D eigenvalue weighted by molar-refractivity contribution is 5.81. The van der Waals surface area contributed by atoms with Gasteiger partial charge in [-0.2, -0.15) is 0 Å². The fraction of sp³-hybridized carbons (Fsp3) is 0. The average molecular weight is 527 g/mol. The van der Waals surface area contributed by atoms with Gasteiger partial charge in [0, 0.05) is 11.1 Å². The Morgan fingerprint density at radius 2 is 0.512 bits per heavy atom. The molecule has 41 heavy (non-hydrogen) atoms. The van der Waals surface area contributed by atoms with E-state index in [4.69, 9.17) is 4.42 Å². The van der Waals surface area contributed by atoms with E-state index in [1.54, 1.807) is 0 Å². The number of rotatable bonds is 6. The molecular weight excluding hydrogens is 500 g/mol. The number of benzene rings is 6. The molecule has 0 unspecified atom stereocenters. The van der Waals surface area contributed by atoms with Crippen molar-refractivity contribution in [3.05, 3.63) is 158 Å². The van der Waals surface area contributed by atoms with Crippen LogP contribution in [0.25, 0.3) is 67.4 Å². The maximum Gasteiger partial charge on any atom is 0.248 e. The summed E-state index contributed by atoms with van der Waals surface area (Å²) in [5.41, 5.74) is 10.7. The topological polar surface area (TPSA) is 38.9 Å². The van der Waals surface area contributed by atoms with Crippen LogP contribution in [0, 0.1) is 0 Å². The summed E-state index contributed by atoms with van der Waals surface area (Å²) < 4.78 is 6.40. The highest BCUT2D eigenvalue weighted by Gasteiger charge is 2.16. The quantitative estimate of drug-likeness (QED) is 0.216. The second kappa shape index (κ2) is 10.9. The molecule has 0 saturated carbocycles. The van der Waals surface area contributed by atoms with Gasteiger partial charge in [0.05, 0.1) is 0 Å². The van der Waals surface area contributed by atoms with Gasteiger partial charge in [-0.15, -0.1) is 10.2 Å². The van der Waals surface area contributed by atoms with Crippen LogP contribution in [0.15, 0.2) is 162 Å². The van der Waals surface area contributed by atoms with Crippen molar-refractivity contribution < 1.29 is 4.42 Å². The monoisotopic (exact) mass is 526 g/mol. The minimum Gasteiger partial charge on any atom is -0.416 e. The summed E-state index contributed by atoms with van der Waals surface area (Å²) in [5, 5.41) is 9.04. The van der Waals surface area contributed by atoms with Crippen LogP contribution >= 0.6 is 0 Å². The first kappa shape index (κ1) is 24.5. The van der Waals surface area contributed by atoms with Gasteiger partial charge in [-0.05, 0) is 80.9 Å². The third kappa shape index (κ3) is 5.21. The third-order valence-corrected chi connectivity index (χ3v) is 7.21. The van der Waals surface area contributed by atoms with E-state index in [-0.39, 0.29) is 0 Å². The lowest BCUT2D eigenvalue weighted by Crippen LogP contribution is -1.86. The maximum absolute atomic E-state index is 6.40. The average Bonchev–Trinajstić information content (AvgIpc) is 3.57. The Kier molecular flexibility index (Phi) is 6.52. The van der Waals surface area contributed by atoms with Gasteiger partial charge in [0.25, 0.3) is 0 Å². The Bertz CT molecular complexity index is 1660. The molecule has 3 heteroatoms. The largest absolute Gasteiger partial charge is 0.416 e. The zero-order chi connectivity index (χ0) is 27.4. The number of nitrogens with zero attached hydrogens (tertiary/aromatic N) is 2. The molecule has 0 amide bonds. The number of hydrogen-bond acceptors (Lipinski definition) is 3. The first-order chi connectivity index (χ1) is 20.3. The highest BCUT2D eigenvalue weighted by atomic mass is 16.4. The van der Waals surface area contributed by atoms with E-state index in [0.717, 1.165) is 55.6 Å². The summed E-state index contributed by atoms with van der Waals surface area (Å²) in [6, 6.07) is 54.4. The van der Waals surface area contributed by atoms with E-state index in [2.05, 4.69) is 144 Å². The Labute approximate surface area is 239 Å². The molecule has 0 N–H and O–H groups in total. The van der Waals surface area contributed by atoms with Gasteiger partial charge < -0.3 is 4.42 Å². The van der Waals surface area contributed by atoms with Crippen molar-refractivity contribution in [2.75, 3.05) is 0 Å². The summed E-state index contributed by atoms with van der Waals surface area (Å²) in [4.78, 5) is 0. The molecule has 1 heterocycles. The number of aromatic nitrogens is 2. The van der Waals surface area contributed by atoms with Crippen LogP contribution < -0.4 is 0 Å². The van der Waals surface area contributed by atoms with Crippen molar-refractivity contribution in [1.29, 1.82) is 0 Å². The second-order valence-electron chi connectivity index (χ2n) is 9.97. The molecule has 0 bridgehead atoms. The smallest absolute Gasteiger partial charge is 0.248 e. The maximum atomic E-state index is 6.40. The van der Waals surface area contributed by atoms with Crippen LogP contribution in [0.1, 0.15) is 0 Å². The van der Waals surface area contributed by atoms with Gasteiger partial charge in [0.15, 0.2) is 0 Å². The fourth-order valence-electron chi connectivity index (χ4n) is 5.15. The normalized spacial score (nSPS) is 10.9. The van der Waals surface area contributed by atoms with Crippen molar-refractivity contribution in [1.82, 2.24) is 10.2 Å². The lowest BCUT2D eigenvalue weighted by atomic mass is 9.96. The van der Waals surface area contributed by atoms with Gasteiger partial charge in [0.1, 0.15) is 0 Å². The number of hydrogen-bond donors (Lipinski definition) is 0. The lowest BCUT2D eigenvalue weighted by Gasteiger charge is -2.10. The molecule has 0 fully saturated rings. The summed E-state index contributed by atoms with van der Waals surface area (Å²) in [7, 11) is 0. The van der Waals surface area contributed by atoms with E-state index >= 15 is 0 Å². The summed E-state index contributed by atoms with van der Waals surface area (Å²) in [5.74, 6) is 0.975. The molecule has 0 spiro atoms. The minimum atomic E-state index is 0.487. The van der Waals surface area contributed by atoms with E-state index in [1.165, 1.54) is 0 Å². The second-order valence-corrected chi connectivity index (χ2v) is 9.97. The Hall–Kier alpha value is -5.54. The molecule has 0 aliphatic rings. The summed E-state index contributed by atoms with van der Waals surface area (Å²) >= 11 is 0. The standard InChI is InChI=1S/C38H26N2O/c1-5-13-27(14-6-1)31-21-32(28-15-7-2-8-16-28)24-35(23-31)37-39-40-38(41-37)36-25-33(29-17-9-3-10-18-29)22-34(26-36)30-19-11-4-12-20-30/h1-26H. The Morgan fingerprint density at radius 3 is 0.780 bits per heavy atom. The van der Waals surface area contributed by atoms with Crippen molar-refractivity contribution in [2.45, 2.75) is 0 Å². The van der Waals surface area contributed by atoms with Crippen LogP contribution in [0.5, 0.6) is 0 Å². The third-order valence-electron chi connectivity index (χ3n) is 7.21. The zero-order valence-electron chi connectivity index (χ0n) is 22.3. The predicted octanol–water partition coefficient (Wildman–Crippen LogP) is 10.1. The predicted molar refractivity (Wildman–Crippen MR) is 167 cm³/mol. The van der Waals surface area contributed by atoms with Crippen molar-refractivity contribution in [2.24, 2.45) is 0 Å². The summed E-state index contributed by atoms with van der Waals surface area (Å²) in [6.45, 7) is 0. The molecule has 7 aromatic rings. The molecule has 3 nitrogen and oxygen atoms in total. The SMILES string of the molecule is c1ccc(-c2cc(-c3ccccc3)cc(-c3nnc(-c4cc(-c5ccccc5)cc(-c5ccccc5)c4)o3)c2)cc1. The first-order valence-electron chi connectivity index (χ1n) is 13.7. The molecule has 0 saturated heterocycles. The van der Waals surface area contributed by atoms with E-state index in [0.29, 0.717) is 11.8 Å². The van der Waals surface area contributed by atoms with Crippen molar-refractivity contribution in [3.63, 3.8) is 0 Å². The summed E-state index contributed by atoms with van der Waals surface area (Å²) in [6.07, 6.45) is 0. The molecule has 0 atom stereocenters. The molecule has 6 aromatic carbocycles. The molecule has 1 aromatic heterocycles. The first-order valence-corrected chi connectivity index (χ1v) is 13.7. The molecule has 7 rings (SSSR count). The highest BCUT2D eigenvalue weighted by Crippen LogP contribution is 2.36. The Morgan fingerprint density at radius 1 is 0.268 bits per heavy atom. The van der Waals surface area contributed by atoms with E-state index < -0.39 is 0 Å². The fourth-order valence-corrected chi connectivity index (χ4v) is 5.15. The van der Waals surface area contributed by atoms with Crippen LogP contribution in [-0.4, -0.2) is 10.2 Å². The molecule has 0 radical (unpaired) electrons. The van der Waals surface area contributed by atoms with Crippen LogP contribution in [0.2, 0.25) is 0 Å². The zero-order valence-corrected chi connectivity index (χ0v) is 22.3. The van der Waals surface area contributed by atoms with E-state index in [1.807, 2.05) is 24.3 Å². The van der Waals surface area contributed by atoms with Crippen LogP contribution in [0.4, 0.5) is 0 Å².